The molecule has 1 aromatic carbocycles. The van der Waals surface area contributed by atoms with Crippen molar-refractivity contribution in [2.75, 3.05) is 5.73 Å². The van der Waals surface area contributed by atoms with Crippen molar-refractivity contribution in [3.8, 4) is 5.75 Å². The Morgan fingerprint density at radius 2 is 1.94 bits per heavy atom. The first kappa shape index (κ1) is 12.8. The second-order valence-electron chi connectivity index (χ2n) is 4.56. The number of hydrogen-bond acceptors (Lipinski definition) is 5. The van der Waals surface area contributed by atoms with Gasteiger partial charge in [0.05, 0.1) is 0 Å². The van der Waals surface area contributed by atoms with Gasteiger partial charge in [-0.2, -0.15) is 0 Å². The first-order chi connectivity index (χ1) is 8.63. The van der Waals surface area contributed by atoms with Gasteiger partial charge < -0.3 is 10.5 Å². The Balaban J connectivity index is 1.90. The quantitative estimate of drug-likeness (QED) is 0.901. The minimum absolute atomic E-state index is 0.415. The van der Waals surface area contributed by atoms with Crippen molar-refractivity contribution in [2.45, 2.75) is 26.9 Å². The Kier molecular flexibility index (Phi) is 4.15. The van der Waals surface area contributed by atoms with E-state index in [1.165, 1.54) is 16.9 Å². The highest BCUT2D eigenvalue weighted by atomic mass is 32.1. The van der Waals surface area contributed by atoms with Crippen LogP contribution in [-0.2, 0) is 13.0 Å². The van der Waals surface area contributed by atoms with Crippen molar-refractivity contribution >= 4 is 16.5 Å². The molecule has 0 atom stereocenters. The van der Waals surface area contributed by atoms with Crippen molar-refractivity contribution in [1.29, 1.82) is 0 Å². The van der Waals surface area contributed by atoms with Gasteiger partial charge in [0.15, 0.2) is 5.01 Å². The molecule has 18 heavy (non-hydrogen) atoms. The molecule has 2 aromatic rings. The summed E-state index contributed by atoms with van der Waals surface area (Å²) in [6.45, 7) is 4.84. The molecule has 96 valence electrons. The van der Waals surface area contributed by atoms with Crippen molar-refractivity contribution in [2.24, 2.45) is 5.92 Å². The number of ether oxygens (including phenoxy) is 1. The minimum atomic E-state index is 0.415. The maximum atomic E-state index is 5.62. The zero-order chi connectivity index (χ0) is 13.0. The number of nitrogens with zero attached hydrogens (tertiary/aromatic N) is 2. The van der Waals surface area contributed by atoms with E-state index in [1.807, 2.05) is 12.1 Å². The molecule has 4 nitrogen and oxygen atoms in total. The Labute approximate surface area is 111 Å². The molecule has 1 aromatic heterocycles. The minimum Gasteiger partial charge on any atom is -0.486 e. The smallest absolute Gasteiger partial charge is 0.203 e. The first-order valence-electron chi connectivity index (χ1n) is 5.93. The molecule has 0 aliphatic carbocycles. The summed E-state index contributed by atoms with van der Waals surface area (Å²) in [5.74, 6) is 1.51. The lowest BCUT2D eigenvalue weighted by atomic mass is 10.0. The van der Waals surface area contributed by atoms with Crippen molar-refractivity contribution in [3.63, 3.8) is 0 Å². The van der Waals surface area contributed by atoms with Crippen LogP contribution in [0.15, 0.2) is 24.3 Å². The average molecular weight is 263 g/mol. The topological polar surface area (TPSA) is 61.0 Å². The largest absolute Gasteiger partial charge is 0.486 e. The Bertz CT molecular complexity index is 493. The van der Waals surface area contributed by atoms with Crippen LogP contribution < -0.4 is 10.5 Å². The number of benzene rings is 1. The number of rotatable bonds is 5. The molecule has 2 rings (SSSR count). The van der Waals surface area contributed by atoms with Gasteiger partial charge in [0.2, 0.25) is 5.13 Å². The molecule has 2 N–H and O–H groups in total. The van der Waals surface area contributed by atoms with E-state index in [0.717, 1.165) is 17.2 Å². The summed E-state index contributed by atoms with van der Waals surface area (Å²) in [6, 6.07) is 8.18. The zero-order valence-electron chi connectivity index (χ0n) is 10.6. The summed E-state index contributed by atoms with van der Waals surface area (Å²) >= 11 is 1.35. The van der Waals surface area contributed by atoms with E-state index < -0.39 is 0 Å². The van der Waals surface area contributed by atoms with E-state index in [4.69, 9.17) is 10.5 Å². The van der Waals surface area contributed by atoms with Gasteiger partial charge >= 0.3 is 0 Å². The van der Waals surface area contributed by atoms with Crippen LogP contribution in [-0.4, -0.2) is 10.2 Å². The predicted octanol–water partition coefficient (Wildman–Crippen LogP) is 2.90. The molecule has 0 aliphatic heterocycles. The normalized spacial score (nSPS) is 10.8. The van der Waals surface area contributed by atoms with Crippen LogP contribution >= 0.6 is 11.3 Å². The molecule has 0 radical (unpaired) electrons. The van der Waals surface area contributed by atoms with E-state index >= 15 is 0 Å². The first-order valence-corrected chi connectivity index (χ1v) is 6.74. The van der Waals surface area contributed by atoms with Crippen LogP contribution in [0.3, 0.4) is 0 Å². The second kappa shape index (κ2) is 5.82. The molecule has 0 aliphatic rings. The number of aromatic nitrogens is 2. The van der Waals surface area contributed by atoms with Gasteiger partial charge in [0.1, 0.15) is 12.4 Å². The Morgan fingerprint density at radius 3 is 2.50 bits per heavy atom. The lowest BCUT2D eigenvalue weighted by Crippen LogP contribution is -1.96. The molecule has 1 heterocycles. The second-order valence-corrected chi connectivity index (χ2v) is 5.66. The number of nitrogens with two attached hydrogens (primary N) is 1. The Morgan fingerprint density at radius 1 is 1.22 bits per heavy atom. The van der Waals surface area contributed by atoms with Crippen molar-refractivity contribution in [3.05, 3.63) is 34.8 Å². The highest BCUT2D eigenvalue weighted by Gasteiger charge is 2.03. The van der Waals surface area contributed by atoms with Crippen molar-refractivity contribution in [1.82, 2.24) is 10.2 Å². The number of hydrogen-bond donors (Lipinski definition) is 1. The van der Waals surface area contributed by atoms with Crippen molar-refractivity contribution < 1.29 is 4.74 Å². The monoisotopic (exact) mass is 263 g/mol. The molecule has 0 saturated heterocycles. The average Bonchev–Trinajstić information content (AvgIpc) is 2.74. The highest BCUT2D eigenvalue weighted by Crippen LogP contribution is 2.18. The van der Waals surface area contributed by atoms with Crippen LogP contribution in [0.2, 0.25) is 0 Å². The maximum Gasteiger partial charge on any atom is 0.203 e. The molecule has 0 amide bonds. The van der Waals surface area contributed by atoms with Crippen LogP contribution in [0.25, 0.3) is 0 Å². The van der Waals surface area contributed by atoms with Gasteiger partial charge in [-0.15, -0.1) is 10.2 Å². The van der Waals surface area contributed by atoms with E-state index in [2.05, 4.69) is 36.2 Å². The van der Waals surface area contributed by atoms with E-state index in [1.54, 1.807) is 0 Å². The number of anilines is 1. The molecule has 0 spiro atoms. The third kappa shape index (κ3) is 3.70. The van der Waals surface area contributed by atoms with Crippen LogP contribution in [0, 0.1) is 5.92 Å². The third-order valence-electron chi connectivity index (χ3n) is 2.41. The van der Waals surface area contributed by atoms with Gasteiger partial charge in [-0.1, -0.05) is 37.3 Å². The van der Waals surface area contributed by atoms with E-state index in [-0.39, 0.29) is 0 Å². The molecule has 5 heteroatoms. The standard InChI is InChI=1S/C13H17N3OS/c1-9(2)7-10-3-5-11(6-4-10)17-8-12-15-16-13(14)18-12/h3-6,9H,7-8H2,1-2H3,(H2,14,16). The summed E-state index contributed by atoms with van der Waals surface area (Å²) in [5.41, 5.74) is 6.83. The van der Waals surface area contributed by atoms with Gasteiger partial charge in [0, 0.05) is 0 Å². The van der Waals surface area contributed by atoms with Gasteiger partial charge in [0.25, 0.3) is 0 Å². The molecule has 0 bridgehead atoms. The zero-order valence-corrected chi connectivity index (χ0v) is 11.4. The summed E-state index contributed by atoms with van der Waals surface area (Å²) in [6.07, 6.45) is 1.09. The Hall–Kier alpha value is -1.62. The molecular weight excluding hydrogens is 246 g/mol. The SMILES string of the molecule is CC(C)Cc1ccc(OCc2nnc(N)s2)cc1. The summed E-state index contributed by atoms with van der Waals surface area (Å²) < 4.78 is 5.62. The third-order valence-corrected chi connectivity index (χ3v) is 3.14. The molecule has 0 fully saturated rings. The van der Waals surface area contributed by atoms with Gasteiger partial charge in [-0.3, -0.25) is 0 Å². The fraction of sp³-hybridized carbons (Fsp3) is 0.385. The molecule has 0 unspecified atom stereocenters. The van der Waals surface area contributed by atoms with E-state index in [9.17, 15) is 0 Å². The van der Waals surface area contributed by atoms with Gasteiger partial charge in [-0.05, 0) is 30.0 Å². The fourth-order valence-electron chi connectivity index (χ4n) is 1.66. The molecular formula is C13H17N3OS. The lowest BCUT2D eigenvalue weighted by Gasteiger charge is -2.07. The highest BCUT2D eigenvalue weighted by molar-refractivity contribution is 7.15. The number of nitrogen functional groups attached to an aromatic ring is 1. The maximum absolute atomic E-state index is 5.62. The fourth-order valence-corrected chi connectivity index (χ4v) is 2.19. The summed E-state index contributed by atoms with van der Waals surface area (Å²) in [5, 5.41) is 8.91. The van der Waals surface area contributed by atoms with Crippen LogP contribution in [0.4, 0.5) is 5.13 Å². The summed E-state index contributed by atoms with van der Waals surface area (Å²) in [7, 11) is 0. The van der Waals surface area contributed by atoms with E-state index in [0.29, 0.717) is 17.7 Å². The lowest BCUT2D eigenvalue weighted by molar-refractivity contribution is 0.304. The summed E-state index contributed by atoms with van der Waals surface area (Å²) in [4.78, 5) is 0. The van der Waals surface area contributed by atoms with Gasteiger partial charge in [-0.25, -0.2) is 0 Å². The van der Waals surface area contributed by atoms with Crippen LogP contribution in [0.1, 0.15) is 24.4 Å². The van der Waals surface area contributed by atoms with Crippen LogP contribution in [0.5, 0.6) is 5.75 Å². The molecule has 0 saturated carbocycles. The predicted molar refractivity (Wildman–Crippen MR) is 73.6 cm³/mol.